The van der Waals surface area contributed by atoms with E-state index in [9.17, 15) is 25.9 Å². The van der Waals surface area contributed by atoms with Crippen LogP contribution in [0, 0.1) is 0 Å². The molecule has 0 unspecified atom stereocenters. The summed E-state index contributed by atoms with van der Waals surface area (Å²) in [6, 6.07) is 31.0. The topological polar surface area (TPSA) is 158 Å². The standard InChI is InChI=1S/C32H24N4O7S2/c37-44(38,39)23-11-13-25-27(17-23)35(19-21-7-3-1-4-8-21)31(33-25)29-15-16-30(43-29)32-34-26-14-12-24(45(40,41)42)18-28(26)36(32)20-22-9-5-2-6-10-22/h1-18H,19-20H2,(H,37,38,39)(H,40,41,42). The van der Waals surface area contributed by atoms with Crippen LogP contribution in [0.4, 0.5) is 0 Å². The molecule has 0 saturated heterocycles. The predicted molar refractivity (Wildman–Crippen MR) is 167 cm³/mol. The average Bonchev–Trinajstić information content (AvgIpc) is 3.73. The molecule has 3 aromatic heterocycles. The Hall–Kier alpha value is -5.08. The summed E-state index contributed by atoms with van der Waals surface area (Å²) in [5.41, 5.74) is 3.83. The Balaban J connectivity index is 1.39. The number of aromatic nitrogens is 4. The van der Waals surface area contributed by atoms with Gasteiger partial charge in [0, 0.05) is 13.1 Å². The van der Waals surface area contributed by atoms with Gasteiger partial charge in [-0.2, -0.15) is 16.8 Å². The van der Waals surface area contributed by atoms with Crippen molar-refractivity contribution in [1.29, 1.82) is 0 Å². The van der Waals surface area contributed by atoms with Crippen LogP contribution in [-0.2, 0) is 33.3 Å². The molecule has 0 saturated carbocycles. The Morgan fingerprint density at radius 1 is 0.556 bits per heavy atom. The van der Waals surface area contributed by atoms with Crippen LogP contribution in [0.15, 0.2) is 123 Å². The molecule has 11 nitrogen and oxygen atoms in total. The van der Waals surface area contributed by atoms with Crippen LogP contribution >= 0.6 is 0 Å². The van der Waals surface area contributed by atoms with Gasteiger partial charge in [-0.05, 0) is 59.7 Å². The van der Waals surface area contributed by atoms with Crippen LogP contribution < -0.4 is 0 Å². The number of rotatable bonds is 8. The van der Waals surface area contributed by atoms with Crippen LogP contribution in [0.1, 0.15) is 11.1 Å². The summed E-state index contributed by atoms with van der Waals surface area (Å²) in [7, 11) is -8.91. The SMILES string of the molecule is O=S(=O)(O)c1ccc2nc(-c3ccc(-c4nc5ccc(S(=O)(=O)O)cc5n4Cc4ccccc4)o3)n(Cc3ccccc3)c2c1. The zero-order valence-corrected chi connectivity index (χ0v) is 25.0. The highest BCUT2D eigenvalue weighted by molar-refractivity contribution is 7.86. The molecule has 0 amide bonds. The number of benzene rings is 4. The molecule has 7 rings (SSSR count). The van der Waals surface area contributed by atoms with Gasteiger partial charge in [0.2, 0.25) is 0 Å². The molecule has 45 heavy (non-hydrogen) atoms. The minimum atomic E-state index is -4.46. The molecule has 13 heteroatoms. The van der Waals surface area contributed by atoms with Crippen molar-refractivity contribution >= 4 is 42.3 Å². The monoisotopic (exact) mass is 640 g/mol. The van der Waals surface area contributed by atoms with E-state index in [1.54, 1.807) is 12.1 Å². The molecule has 226 valence electrons. The number of furan rings is 1. The van der Waals surface area contributed by atoms with Gasteiger partial charge in [0.05, 0.1) is 31.9 Å². The molecule has 0 spiro atoms. The van der Waals surface area contributed by atoms with Crippen molar-refractivity contribution in [2.75, 3.05) is 0 Å². The Morgan fingerprint density at radius 2 is 0.956 bits per heavy atom. The van der Waals surface area contributed by atoms with Gasteiger partial charge in [-0.1, -0.05) is 60.7 Å². The normalized spacial score (nSPS) is 12.3. The van der Waals surface area contributed by atoms with E-state index >= 15 is 0 Å². The van der Waals surface area contributed by atoms with Crippen molar-refractivity contribution in [3.8, 4) is 23.2 Å². The Kier molecular flexibility index (Phi) is 6.89. The molecule has 0 aliphatic carbocycles. The average molecular weight is 641 g/mol. The van der Waals surface area contributed by atoms with E-state index in [-0.39, 0.29) is 9.79 Å². The van der Waals surface area contributed by atoms with E-state index in [2.05, 4.69) is 0 Å². The summed E-state index contributed by atoms with van der Waals surface area (Å²) >= 11 is 0. The second-order valence-electron chi connectivity index (χ2n) is 10.4. The Labute approximate surface area is 257 Å². The van der Waals surface area contributed by atoms with Crippen molar-refractivity contribution < 1.29 is 30.4 Å². The molecule has 0 radical (unpaired) electrons. The second-order valence-corrected chi connectivity index (χ2v) is 13.3. The molecule has 0 fully saturated rings. The van der Waals surface area contributed by atoms with E-state index in [1.165, 1.54) is 36.4 Å². The quantitative estimate of drug-likeness (QED) is 0.193. The molecule has 0 atom stereocenters. The first-order chi connectivity index (χ1) is 21.5. The smallest absolute Gasteiger partial charge is 0.294 e. The van der Waals surface area contributed by atoms with Crippen molar-refractivity contribution in [3.05, 3.63) is 120 Å². The van der Waals surface area contributed by atoms with Gasteiger partial charge in [0.25, 0.3) is 20.2 Å². The third kappa shape index (κ3) is 5.53. The highest BCUT2D eigenvalue weighted by Crippen LogP contribution is 2.34. The summed E-state index contributed by atoms with van der Waals surface area (Å²) < 4.78 is 77.2. The third-order valence-electron chi connectivity index (χ3n) is 7.45. The van der Waals surface area contributed by atoms with Crippen LogP contribution in [0.5, 0.6) is 0 Å². The summed E-state index contributed by atoms with van der Waals surface area (Å²) in [5, 5.41) is 0. The molecular weight excluding hydrogens is 617 g/mol. The van der Waals surface area contributed by atoms with Crippen LogP contribution in [0.3, 0.4) is 0 Å². The Bertz CT molecular complexity index is 2260. The van der Waals surface area contributed by atoms with E-state index in [4.69, 9.17) is 14.4 Å². The first-order valence-electron chi connectivity index (χ1n) is 13.7. The Morgan fingerprint density at radius 3 is 1.33 bits per heavy atom. The lowest BCUT2D eigenvalue weighted by atomic mass is 10.2. The highest BCUT2D eigenvalue weighted by Gasteiger charge is 2.23. The number of hydrogen-bond acceptors (Lipinski definition) is 7. The van der Waals surface area contributed by atoms with Gasteiger partial charge in [-0.15, -0.1) is 0 Å². The van der Waals surface area contributed by atoms with Crippen LogP contribution in [0.2, 0.25) is 0 Å². The van der Waals surface area contributed by atoms with E-state index in [0.717, 1.165) is 11.1 Å². The van der Waals surface area contributed by atoms with Crippen LogP contribution in [0.25, 0.3) is 45.2 Å². The molecule has 7 aromatic rings. The number of nitrogens with zero attached hydrogens (tertiary/aromatic N) is 4. The van der Waals surface area contributed by atoms with E-state index in [1.807, 2.05) is 69.8 Å². The van der Waals surface area contributed by atoms with Crippen molar-refractivity contribution in [2.45, 2.75) is 22.9 Å². The van der Waals surface area contributed by atoms with Crippen LogP contribution in [-0.4, -0.2) is 45.0 Å². The lowest BCUT2D eigenvalue weighted by molar-refractivity contribution is 0.481. The van der Waals surface area contributed by atoms with E-state index < -0.39 is 20.2 Å². The second kappa shape index (κ2) is 10.8. The highest BCUT2D eigenvalue weighted by atomic mass is 32.2. The molecule has 3 heterocycles. The van der Waals surface area contributed by atoms with Crippen molar-refractivity contribution in [1.82, 2.24) is 19.1 Å². The zero-order chi connectivity index (χ0) is 31.3. The summed E-state index contributed by atoms with van der Waals surface area (Å²) in [5.74, 6) is 1.60. The third-order valence-corrected chi connectivity index (χ3v) is 9.15. The minimum Gasteiger partial charge on any atom is -0.450 e. The minimum absolute atomic E-state index is 0.255. The molecule has 0 aliphatic rings. The van der Waals surface area contributed by atoms with Gasteiger partial charge in [-0.25, -0.2) is 9.97 Å². The fourth-order valence-corrected chi connectivity index (χ4v) is 6.33. The van der Waals surface area contributed by atoms with Crippen molar-refractivity contribution in [3.63, 3.8) is 0 Å². The summed E-state index contributed by atoms with van der Waals surface area (Å²) in [4.78, 5) is 8.99. The predicted octanol–water partition coefficient (Wildman–Crippen LogP) is 5.90. The largest absolute Gasteiger partial charge is 0.450 e. The van der Waals surface area contributed by atoms with Gasteiger partial charge >= 0.3 is 0 Å². The van der Waals surface area contributed by atoms with Gasteiger partial charge < -0.3 is 13.6 Å². The summed E-state index contributed by atoms with van der Waals surface area (Å²) in [6.07, 6.45) is 0. The maximum absolute atomic E-state index is 11.9. The molecule has 0 aliphatic heterocycles. The maximum atomic E-state index is 11.9. The number of hydrogen-bond donors (Lipinski definition) is 2. The van der Waals surface area contributed by atoms with Crippen molar-refractivity contribution in [2.24, 2.45) is 0 Å². The maximum Gasteiger partial charge on any atom is 0.294 e. The van der Waals surface area contributed by atoms with Gasteiger partial charge in [0.1, 0.15) is 0 Å². The van der Waals surface area contributed by atoms with E-state index in [0.29, 0.717) is 58.3 Å². The number of fused-ring (bicyclic) bond motifs is 2. The lowest BCUT2D eigenvalue weighted by Crippen LogP contribution is -2.03. The molecule has 2 N–H and O–H groups in total. The first kappa shape index (κ1) is 28.7. The fourth-order valence-electron chi connectivity index (χ4n) is 5.33. The molecule has 0 bridgehead atoms. The first-order valence-corrected chi connectivity index (χ1v) is 16.6. The summed E-state index contributed by atoms with van der Waals surface area (Å²) in [6.45, 7) is 0.672. The fraction of sp³-hybridized carbons (Fsp3) is 0.0625. The lowest BCUT2D eigenvalue weighted by Gasteiger charge is -2.10. The van der Waals surface area contributed by atoms with Gasteiger partial charge in [-0.3, -0.25) is 9.11 Å². The molecule has 4 aromatic carbocycles. The molecular formula is C32H24N4O7S2. The number of imidazole rings is 2. The zero-order valence-electron chi connectivity index (χ0n) is 23.3. The van der Waals surface area contributed by atoms with Gasteiger partial charge in [0.15, 0.2) is 23.2 Å².